The first-order valence-corrected chi connectivity index (χ1v) is 8.22. The number of carbonyl (C=O) groups is 1. The fourth-order valence-electron chi connectivity index (χ4n) is 2.30. The fourth-order valence-corrected chi connectivity index (χ4v) is 2.46. The van der Waals surface area contributed by atoms with Crippen molar-refractivity contribution in [2.24, 2.45) is 0 Å². The number of nitrogens with zero attached hydrogens (tertiary/aromatic N) is 2. The monoisotopic (exact) mass is 355 g/mol. The van der Waals surface area contributed by atoms with E-state index in [0.29, 0.717) is 23.7 Å². The van der Waals surface area contributed by atoms with Gasteiger partial charge in [-0.2, -0.15) is 5.10 Å². The van der Waals surface area contributed by atoms with Crippen LogP contribution in [0.15, 0.2) is 60.9 Å². The van der Waals surface area contributed by atoms with E-state index < -0.39 is 0 Å². The van der Waals surface area contributed by atoms with Crippen LogP contribution < -0.4 is 5.48 Å². The standard InChI is InChI=1S/C19H18ClN3O2/c1-14-2-4-16(5-3-14)13-25-22-19(24)17-8-6-15(7-9-17)11-23-12-18(20)10-21-23/h2-10,12H,11,13H2,1H3,(H,22,24). The fraction of sp³-hybridized carbons (Fsp3) is 0.158. The van der Waals surface area contributed by atoms with Gasteiger partial charge in [-0.05, 0) is 30.2 Å². The summed E-state index contributed by atoms with van der Waals surface area (Å²) in [4.78, 5) is 17.4. The maximum atomic E-state index is 12.1. The Morgan fingerprint density at radius 2 is 1.80 bits per heavy atom. The van der Waals surface area contributed by atoms with E-state index in [9.17, 15) is 4.79 Å². The topological polar surface area (TPSA) is 56.1 Å². The molecule has 0 atom stereocenters. The van der Waals surface area contributed by atoms with Crippen LogP contribution in [0.3, 0.4) is 0 Å². The molecule has 1 aromatic heterocycles. The maximum Gasteiger partial charge on any atom is 0.274 e. The molecule has 1 amide bonds. The van der Waals surface area contributed by atoms with Crippen molar-refractivity contribution in [3.05, 3.63) is 88.2 Å². The Labute approximate surface area is 151 Å². The summed E-state index contributed by atoms with van der Waals surface area (Å²) in [5, 5.41) is 4.73. The lowest BCUT2D eigenvalue weighted by molar-refractivity contribution is 0.0233. The summed E-state index contributed by atoms with van der Waals surface area (Å²) in [6.07, 6.45) is 3.34. The van der Waals surface area contributed by atoms with Crippen molar-refractivity contribution in [3.63, 3.8) is 0 Å². The van der Waals surface area contributed by atoms with E-state index in [1.54, 1.807) is 29.2 Å². The summed E-state index contributed by atoms with van der Waals surface area (Å²) in [5.74, 6) is -0.277. The number of rotatable bonds is 6. The number of hydrogen-bond acceptors (Lipinski definition) is 3. The molecule has 1 N–H and O–H groups in total. The molecule has 0 saturated heterocycles. The molecule has 5 nitrogen and oxygen atoms in total. The van der Waals surface area contributed by atoms with Gasteiger partial charge in [0.1, 0.15) is 0 Å². The van der Waals surface area contributed by atoms with Gasteiger partial charge in [0.25, 0.3) is 5.91 Å². The molecule has 0 aliphatic carbocycles. The SMILES string of the molecule is Cc1ccc(CONC(=O)c2ccc(Cn3cc(Cl)cn3)cc2)cc1. The molecule has 0 spiro atoms. The third-order valence-electron chi connectivity index (χ3n) is 3.69. The largest absolute Gasteiger partial charge is 0.274 e. The lowest BCUT2D eigenvalue weighted by Gasteiger charge is -2.07. The summed E-state index contributed by atoms with van der Waals surface area (Å²) < 4.78 is 1.74. The van der Waals surface area contributed by atoms with Crippen LogP contribution >= 0.6 is 11.6 Å². The zero-order valence-corrected chi connectivity index (χ0v) is 14.5. The van der Waals surface area contributed by atoms with Gasteiger partial charge in [0.15, 0.2) is 0 Å². The molecule has 128 valence electrons. The quantitative estimate of drug-likeness (QED) is 0.685. The number of amides is 1. The van der Waals surface area contributed by atoms with Crippen molar-refractivity contribution in [1.82, 2.24) is 15.3 Å². The number of hydroxylamine groups is 1. The molecule has 3 aromatic rings. The van der Waals surface area contributed by atoms with Crippen molar-refractivity contribution in [3.8, 4) is 0 Å². The first-order chi connectivity index (χ1) is 12.1. The molecule has 2 aromatic carbocycles. The van der Waals surface area contributed by atoms with Gasteiger partial charge in [0.2, 0.25) is 0 Å². The molecular formula is C19H18ClN3O2. The van der Waals surface area contributed by atoms with Crippen molar-refractivity contribution < 1.29 is 9.63 Å². The highest BCUT2D eigenvalue weighted by Gasteiger charge is 2.06. The third-order valence-corrected chi connectivity index (χ3v) is 3.88. The smallest absolute Gasteiger partial charge is 0.269 e. The Morgan fingerprint density at radius 3 is 2.44 bits per heavy atom. The van der Waals surface area contributed by atoms with Crippen molar-refractivity contribution >= 4 is 17.5 Å². The summed E-state index contributed by atoms with van der Waals surface area (Å²) in [5.41, 5.74) is 6.20. The molecule has 3 rings (SSSR count). The second kappa shape index (κ2) is 7.96. The average molecular weight is 356 g/mol. The maximum absolute atomic E-state index is 12.1. The van der Waals surface area contributed by atoms with E-state index >= 15 is 0 Å². The molecular weight excluding hydrogens is 338 g/mol. The minimum Gasteiger partial charge on any atom is -0.269 e. The molecule has 25 heavy (non-hydrogen) atoms. The number of carbonyl (C=O) groups excluding carboxylic acids is 1. The molecule has 0 aliphatic heterocycles. The third kappa shape index (κ3) is 4.92. The molecule has 0 fully saturated rings. The van der Waals surface area contributed by atoms with Gasteiger partial charge in [-0.25, -0.2) is 5.48 Å². The van der Waals surface area contributed by atoms with Crippen LogP contribution in [-0.2, 0) is 18.0 Å². The number of halogens is 1. The van der Waals surface area contributed by atoms with Gasteiger partial charge < -0.3 is 0 Å². The van der Waals surface area contributed by atoms with Crippen molar-refractivity contribution in [2.75, 3.05) is 0 Å². The van der Waals surface area contributed by atoms with Gasteiger partial charge in [-0.3, -0.25) is 14.3 Å². The minimum atomic E-state index is -0.277. The van der Waals surface area contributed by atoms with E-state index in [4.69, 9.17) is 16.4 Å². The van der Waals surface area contributed by atoms with Gasteiger partial charge in [-0.15, -0.1) is 0 Å². The number of aromatic nitrogens is 2. The number of nitrogens with one attached hydrogen (secondary N) is 1. The van der Waals surface area contributed by atoms with E-state index in [2.05, 4.69) is 10.6 Å². The van der Waals surface area contributed by atoms with Crippen LogP contribution in [0, 0.1) is 6.92 Å². The van der Waals surface area contributed by atoms with Gasteiger partial charge >= 0.3 is 0 Å². The minimum absolute atomic E-state index is 0.277. The van der Waals surface area contributed by atoms with Crippen LogP contribution in [0.1, 0.15) is 27.0 Å². The molecule has 0 bridgehead atoms. The molecule has 6 heteroatoms. The van der Waals surface area contributed by atoms with Crippen LogP contribution in [0.5, 0.6) is 0 Å². The van der Waals surface area contributed by atoms with Crippen molar-refractivity contribution in [1.29, 1.82) is 0 Å². The van der Waals surface area contributed by atoms with Gasteiger partial charge in [0.05, 0.1) is 24.4 Å². The van der Waals surface area contributed by atoms with E-state index in [0.717, 1.165) is 11.1 Å². The molecule has 0 unspecified atom stereocenters. The molecule has 1 heterocycles. The number of aryl methyl sites for hydroxylation is 1. The second-order valence-corrected chi connectivity index (χ2v) is 6.19. The molecule has 0 radical (unpaired) electrons. The molecule has 0 aliphatic rings. The van der Waals surface area contributed by atoms with Gasteiger partial charge in [-0.1, -0.05) is 53.6 Å². The highest BCUT2D eigenvalue weighted by atomic mass is 35.5. The Bertz CT molecular complexity index is 842. The summed E-state index contributed by atoms with van der Waals surface area (Å²) in [7, 11) is 0. The van der Waals surface area contributed by atoms with Crippen LogP contribution in [0.25, 0.3) is 0 Å². The summed E-state index contributed by atoms with van der Waals surface area (Å²) in [6.45, 7) is 2.94. The van der Waals surface area contributed by atoms with Crippen LogP contribution in [0.2, 0.25) is 5.02 Å². The predicted molar refractivity (Wildman–Crippen MR) is 96.2 cm³/mol. The second-order valence-electron chi connectivity index (χ2n) is 5.76. The van der Waals surface area contributed by atoms with E-state index in [1.165, 1.54) is 5.56 Å². The Balaban J connectivity index is 1.51. The summed E-state index contributed by atoms with van der Waals surface area (Å²) >= 11 is 5.84. The summed E-state index contributed by atoms with van der Waals surface area (Å²) in [6, 6.07) is 15.2. The highest BCUT2D eigenvalue weighted by Crippen LogP contribution is 2.10. The van der Waals surface area contributed by atoms with E-state index in [1.807, 2.05) is 43.3 Å². The zero-order valence-electron chi connectivity index (χ0n) is 13.8. The van der Waals surface area contributed by atoms with Gasteiger partial charge in [0, 0.05) is 11.8 Å². The number of benzene rings is 2. The van der Waals surface area contributed by atoms with Crippen LogP contribution in [-0.4, -0.2) is 15.7 Å². The zero-order chi connectivity index (χ0) is 17.6. The Morgan fingerprint density at radius 1 is 1.12 bits per heavy atom. The highest BCUT2D eigenvalue weighted by molar-refractivity contribution is 6.30. The Hall–Kier alpha value is -2.63. The first-order valence-electron chi connectivity index (χ1n) is 7.85. The average Bonchev–Trinajstić information content (AvgIpc) is 3.02. The van der Waals surface area contributed by atoms with Crippen molar-refractivity contribution in [2.45, 2.75) is 20.1 Å². The molecule has 0 saturated carbocycles. The number of hydrogen-bond donors (Lipinski definition) is 1. The normalized spacial score (nSPS) is 10.6. The lowest BCUT2D eigenvalue weighted by Crippen LogP contribution is -2.23. The first kappa shape index (κ1) is 17.2. The van der Waals surface area contributed by atoms with E-state index in [-0.39, 0.29) is 5.91 Å². The Kier molecular flexibility index (Phi) is 5.48. The predicted octanol–water partition coefficient (Wildman–Crippen LogP) is 3.75. The van der Waals surface area contributed by atoms with Crippen LogP contribution in [0.4, 0.5) is 0 Å². The lowest BCUT2D eigenvalue weighted by atomic mass is 10.1.